The summed E-state index contributed by atoms with van der Waals surface area (Å²) >= 11 is 12.3. The summed E-state index contributed by atoms with van der Waals surface area (Å²) in [5.74, 6) is 0.637. The topological polar surface area (TPSA) is 69.2 Å². The molecule has 0 spiro atoms. The summed E-state index contributed by atoms with van der Waals surface area (Å²) in [6.45, 7) is 9.23. The van der Waals surface area contributed by atoms with Crippen molar-refractivity contribution in [1.82, 2.24) is 19.7 Å². The third-order valence-corrected chi connectivity index (χ3v) is 6.51. The number of aromatic nitrogens is 3. The number of pyridine rings is 1. The summed E-state index contributed by atoms with van der Waals surface area (Å²) < 4.78 is 21.9. The normalized spacial score (nSPS) is 15.7. The molecule has 32 heavy (non-hydrogen) atoms. The molecule has 3 heterocycles. The van der Waals surface area contributed by atoms with Gasteiger partial charge in [-0.25, -0.2) is 9.37 Å². The fraction of sp³-hybridized carbons (Fsp3) is 0.391. The van der Waals surface area contributed by atoms with E-state index in [2.05, 4.69) is 28.8 Å². The number of nitrogen functional groups attached to an aromatic ring is 1. The van der Waals surface area contributed by atoms with Gasteiger partial charge in [-0.1, -0.05) is 23.2 Å². The van der Waals surface area contributed by atoms with Crippen LogP contribution in [0.4, 0.5) is 10.2 Å². The fourth-order valence-corrected chi connectivity index (χ4v) is 4.57. The molecule has 1 aliphatic heterocycles. The fourth-order valence-electron chi connectivity index (χ4n) is 3.90. The highest BCUT2D eigenvalue weighted by atomic mass is 35.5. The smallest absolute Gasteiger partial charge is 0.166 e. The van der Waals surface area contributed by atoms with Crippen molar-refractivity contribution in [3.05, 3.63) is 58.2 Å². The molecule has 0 amide bonds. The van der Waals surface area contributed by atoms with Gasteiger partial charge in [0, 0.05) is 65.7 Å². The van der Waals surface area contributed by atoms with Crippen LogP contribution in [0.1, 0.15) is 32.4 Å². The summed E-state index contributed by atoms with van der Waals surface area (Å²) in [5, 5.41) is 4.75. The van der Waals surface area contributed by atoms with Crippen molar-refractivity contribution in [3.63, 3.8) is 0 Å². The number of nitrogens with two attached hydrogens (primary N) is 1. The van der Waals surface area contributed by atoms with Crippen LogP contribution >= 0.6 is 23.2 Å². The number of hydrogen-bond acceptors (Lipinski definition) is 5. The van der Waals surface area contributed by atoms with Gasteiger partial charge in [0.1, 0.15) is 11.9 Å². The van der Waals surface area contributed by atoms with Crippen LogP contribution in [0.15, 0.2) is 36.8 Å². The molecule has 1 fully saturated rings. The standard InChI is InChI=1S/C23H26Cl2FN5O/c1-13(2)30-9-15(10-30)11-31-12-17(8-29-31)16-6-20(23(27)28-7-16)32-14(3)21-18(24)4-5-19(26)22(21)25/h4-8,12-15H,9-11H2,1-3H3,(H2,27,28). The second kappa shape index (κ2) is 9.25. The van der Waals surface area contributed by atoms with E-state index >= 15 is 0 Å². The summed E-state index contributed by atoms with van der Waals surface area (Å²) in [4.78, 5) is 6.71. The molecule has 1 unspecified atom stereocenters. The Morgan fingerprint density at radius 2 is 1.94 bits per heavy atom. The van der Waals surface area contributed by atoms with Crippen LogP contribution < -0.4 is 10.5 Å². The van der Waals surface area contributed by atoms with Crippen molar-refractivity contribution < 1.29 is 9.13 Å². The van der Waals surface area contributed by atoms with Crippen molar-refractivity contribution in [3.8, 4) is 16.9 Å². The number of likely N-dealkylation sites (tertiary alicyclic amines) is 1. The summed E-state index contributed by atoms with van der Waals surface area (Å²) in [7, 11) is 0. The minimum atomic E-state index is -0.629. The molecule has 2 N–H and O–H groups in total. The lowest BCUT2D eigenvalue weighted by atomic mass is 9.98. The third-order valence-electron chi connectivity index (χ3n) is 5.80. The van der Waals surface area contributed by atoms with E-state index in [0.717, 1.165) is 30.8 Å². The number of anilines is 1. The van der Waals surface area contributed by atoms with Gasteiger partial charge >= 0.3 is 0 Å². The molecular weight excluding hydrogens is 452 g/mol. The van der Waals surface area contributed by atoms with E-state index < -0.39 is 11.9 Å². The second-order valence-electron chi connectivity index (χ2n) is 8.49. The van der Waals surface area contributed by atoms with Crippen LogP contribution in [0.2, 0.25) is 10.0 Å². The maximum atomic E-state index is 13.9. The Morgan fingerprint density at radius 3 is 2.66 bits per heavy atom. The SMILES string of the molecule is CC(Oc1cc(-c2cnn(CC3CN(C(C)C)C3)c2)cnc1N)c1c(Cl)ccc(F)c1Cl. The molecule has 1 aromatic carbocycles. The van der Waals surface area contributed by atoms with Crippen molar-refractivity contribution in [2.75, 3.05) is 18.8 Å². The van der Waals surface area contributed by atoms with Gasteiger partial charge in [-0.05, 0) is 39.0 Å². The molecule has 0 bridgehead atoms. The number of nitrogens with zero attached hydrogens (tertiary/aromatic N) is 4. The molecule has 0 saturated carbocycles. The maximum Gasteiger partial charge on any atom is 0.166 e. The summed E-state index contributed by atoms with van der Waals surface area (Å²) in [6, 6.07) is 5.05. The van der Waals surface area contributed by atoms with Crippen molar-refractivity contribution >= 4 is 29.0 Å². The van der Waals surface area contributed by atoms with E-state index in [9.17, 15) is 4.39 Å². The quantitative estimate of drug-likeness (QED) is 0.457. The Bertz CT molecular complexity index is 1110. The molecule has 170 valence electrons. The number of hydrogen-bond donors (Lipinski definition) is 1. The average molecular weight is 478 g/mol. The Morgan fingerprint density at radius 1 is 1.19 bits per heavy atom. The minimum Gasteiger partial charge on any atom is -0.482 e. The molecule has 2 aromatic heterocycles. The van der Waals surface area contributed by atoms with E-state index in [-0.39, 0.29) is 10.8 Å². The molecule has 0 radical (unpaired) electrons. The first-order valence-corrected chi connectivity index (χ1v) is 11.3. The summed E-state index contributed by atoms with van der Waals surface area (Å²) in [5.41, 5.74) is 8.13. The Kier molecular flexibility index (Phi) is 6.60. The van der Waals surface area contributed by atoms with Gasteiger partial charge in [0.15, 0.2) is 11.6 Å². The van der Waals surface area contributed by atoms with Crippen LogP contribution in [-0.4, -0.2) is 38.8 Å². The minimum absolute atomic E-state index is 0.0685. The number of rotatable bonds is 7. The first-order chi connectivity index (χ1) is 15.2. The van der Waals surface area contributed by atoms with E-state index in [1.54, 1.807) is 25.4 Å². The molecule has 6 nitrogen and oxygen atoms in total. The number of ether oxygens (including phenoxy) is 1. The highest BCUT2D eigenvalue weighted by Gasteiger charge is 2.28. The molecule has 1 aliphatic rings. The van der Waals surface area contributed by atoms with E-state index in [1.165, 1.54) is 12.1 Å². The Hall–Kier alpha value is -2.35. The van der Waals surface area contributed by atoms with Crippen LogP contribution in [0, 0.1) is 11.7 Å². The largest absolute Gasteiger partial charge is 0.482 e. The second-order valence-corrected chi connectivity index (χ2v) is 9.27. The van der Waals surface area contributed by atoms with Gasteiger partial charge in [0.05, 0.1) is 11.2 Å². The first kappa shape index (κ1) is 22.8. The van der Waals surface area contributed by atoms with Crippen LogP contribution in [0.3, 0.4) is 0 Å². The highest BCUT2D eigenvalue weighted by Crippen LogP contribution is 2.37. The predicted molar refractivity (Wildman–Crippen MR) is 126 cm³/mol. The van der Waals surface area contributed by atoms with Gasteiger partial charge in [-0.15, -0.1) is 0 Å². The van der Waals surface area contributed by atoms with E-state index in [1.807, 2.05) is 10.9 Å². The van der Waals surface area contributed by atoms with Gasteiger partial charge in [-0.2, -0.15) is 5.10 Å². The lowest BCUT2D eigenvalue weighted by Gasteiger charge is -2.42. The van der Waals surface area contributed by atoms with E-state index in [0.29, 0.717) is 28.3 Å². The average Bonchev–Trinajstić information content (AvgIpc) is 3.17. The third kappa shape index (κ3) is 4.70. The van der Waals surface area contributed by atoms with Crippen LogP contribution in [-0.2, 0) is 6.54 Å². The number of halogens is 3. The van der Waals surface area contributed by atoms with Gasteiger partial charge in [0.2, 0.25) is 0 Å². The van der Waals surface area contributed by atoms with Gasteiger partial charge in [0.25, 0.3) is 0 Å². The highest BCUT2D eigenvalue weighted by molar-refractivity contribution is 6.36. The lowest BCUT2D eigenvalue weighted by Crippen LogP contribution is -2.51. The molecule has 0 aliphatic carbocycles. The zero-order chi connectivity index (χ0) is 23.0. The van der Waals surface area contributed by atoms with Gasteiger partial charge in [-0.3, -0.25) is 4.68 Å². The Labute approximate surface area is 197 Å². The number of benzene rings is 1. The van der Waals surface area contributed by atoms with E-state index in [4.69, 9.17) is 33.7 Å². The van der Waals surface area contributed by atoms with Crippen molar-refractivity contribution in [1.29, 1.82) is 0 Å². The van der Waals surface area contributed by atoms with Crippen LogP contribution in [0.25, 0.3) is 11.1 Å². The molecule has 9 heteroatoms. The zero-order valence-electron chi connectivity index (χ0n) is 18.2. The van der Waals surface area contributed by atoms with Crippen LogP contribution in [0.5, 0.6) is 5.75 Å². The molecule has 4 rings (SSSR count). The zero-order valence-corrected chi connectivity index (χ0v) is 19.7. The molecular formula is C23H26Cl2FN5O. The first-order valence-electron chi connectivity index (χ1n) is 10.6. The lowest BCUT2D eigenvalue weighted by molar-refractivity contribution is 0.0554. The molecule has 1 atom stereocenters. The monoisotopic (exact) mass is 477 g/mol. The van der Waals surface area contributed by atoms with Crippen molar-refractivity contribution in [2.45, 2.75) is 39.5 Å². The summed E-state index contributed by atoms with van der Waals surface area (Å²) in [6.07, 6.45) is 4.86. The van der Waals surface area contributed by atoms with Gasteiger partial charge < -0.3 is 15.4 Å². The maximum absolute atomic E-state index is 13.9. The predicted octanol–water partition coefficient (Wildman–Crippen LogP) is 5.45. The Balaban J connectivity index is 1.49. The molecule has 1 saturated heterocycles. The molecule has 3 aromatic rings. The van der Waals surface area contributed by atoms with Crippen molar-refractivity contribution in [2.24, 2.45) is 5.92 Å².